The largest absolute Gasteiger partial charge is 0.368 e. The summed E-state index contributed by atoms with van der Waals surface area (Å²) in [6.45, 7) is 1.14. The van der Waals surface area contributed by atoms with Gasteiger partial charge in [0.25, 0.3) is 0 Å². The van der Waals surface area contributed by atoms with Crippen molar-refractivity contribution in [2.45, 2.75) is 24.0 Å². The summed E-state index contributed by atoms with van der Waals surface area (Å²) in [5.74, 6) is 1.42. The third-order valence-corrected chi connectivity index (χ3v) is 3.07. The van der Waals surface area contributed by atoms with Crippen molar-refractivity contribution in [1.29, 1.82) is 0 Å². The zero-order valence-electron chi connectivity index (χ0n) is 7.29. The Morgan fingerprint density at radius 2 is 2.54 bits per heavy atom. The van der Waals surface area contributed by atoms with Crippen LogP contribution in [0.2, 0.25) is 0 Å². The quantitative estimate of drug-likeness (QED) is 0.607. The first-order valence-corrected chi connectivity index (χ1v) is 5.37. The smallest absolute Gasteiger partial charge is 0.216 e. The van der Waals surface area contributed by atoms with Gasteiger partial charge in [0.05, 0.1) is 0 Å². The lowest BCUT2D eigenvalue weighted by Crippen LogP contribution is -2.23. The average molecular weight is 199 g/mol. The number of thioether (sulfide) groups is 1. The average Bonchev–Trinajstić information content (AvgIpc) is 2.71. The number of hydrogen-bond donors (Lipinski definition) is 3. The van der Waals surface area contributed by atoms with Crippen LogP contribution < -0.4 is 11.1 Å². The van der Waals surface area contributed by atoms with Crippen LogP contribution in [0, 0.1) is 0 Å². The molecule has 13 heavy (non-hydrogen) atoms. The monoisotopic (exact) mass is 199 g/mol. The SMILES string of the molecule is Nc1nc(SC[C@H]2CCCN2)n[nH]1. The molecule has 1 aromatic heterocycles. The Kier molecular flexibility index (Phi) is 2.70. The molecule has 0 aromatic carbocycles. The van der Waals surface area contributed by atoms with Gasteiger partial charge in [0.1, 0.15) is 0 Å². The molecule has 72 valence electrons. The van der Waals surface area contributed by atoms with Gasteiger partial charge in [-0.05, 0) is 19.4 Å². The molecule has 1 fully saturated rings. The van der Waals surface area contributed by atoms with Crippen molar-refractivity contribution >= 4 is 17.7 Å². The number of aromatic nitrogens is 3. The van der Waals surface area contributed by atoms with E-state index in [0.717, 1.165) is 17.5 Å². The Labute approximate surface area is 80.9 Å². The molecule has 0 saturated carbocycles. The van der Waals surface area contributed by atoms with E-state index in [4.69, 9.17) is 5.73 Å². The number of rotatable bonds is 3. The number of aromatic amines is 1. The fraction of sp³-hybridized carbons (Fsp3) is 0.714. The van der Waals surface area contributed by atoms with E-state index in [1.807, 2.05) is 0 Å². The highest BCUT2D eigenvalue weighted by Crippen LogP contribution is 2.17. The van der Waals surface area contributed by atoms with Gasteiger partial charge in [0, 0.05) is 11.8 Å². The number of nitrogens with one attached hydrogen (secondary N) is 2. The summed E-state index contributed by atoms with van der Waals surface area (Å²) >= 11 is 1.64. The maximum absolute atomic E-state index is 5.40. The molecule has 4 N–H and O–H groups in total. The molecule has 6 heteroatoms. The van der Waals surface area contributed by atoms with Crippen LogP contribution in [-0.4, -0.2) is 33.5 Å². The normalized spacial score (nSPS) is 22.3. The molecule has 1 atom stereocenters. The molecule has 1 aliphatic heterocycles. The molecule has 0 aliphatic carbocycles. The van der Waals surface area contributed by atoms with Crippen LogP contribution in [0.4, 0.5) is 5.95 Å². The van der Waals surface area contributed by atoms with Crippen LogP contribution in [-0.2, 0) is 0 Å². The summed E-state index contributed by atoms with van der Waals surface area (Å²) in [6, 6.07) is 0.615. The molecule has 0 radical (unpaired) electrons. The maximum atomic E-state index is 5.40. The first kappa shape index (κ1) is 8.83. The molecule has 1 aliphatic rings. The van der Waals surface area contributed by atoms with Gasteiger partial charge in [0.15, 0.2) is 0 Å². The fourth-order valence-electron chi connectivity index (χ4n) is 1.40. The third-order valence-electron chi connectivity index (χ3n) is 2.06. The van der Waals surface area contributed by atoms with Gasteiger partial charge in [-0.2, -0.15) is 4.98 Å². The van der Waals surface area contributed by atoms with E-state index in [-0.39, 0.29) is 0 Å². The van der Waals surface area contributed by atoms with E-state index < -0.39 is 0 Å². The Balaban J connectivity index is 1.78. The predicted octanol–water partition coefficient (Wildman–Crippen LogP) is 0.231. The van der Waals surface area contributed by atoms with Gasteiger partial charge in [0.2, 0.25) is 11.1 Å². The first-order chi connectivity index (χ1) is 6.34. The summed E-state index contributed by atoms with van der Waals surface area (Å²) in [7, 11) is 0. The van der Waals surface area contributed by atoms with Crippen molar-refractivity contribution < 1.29 is 0 Å². The van der Waals surface area contributed by atoms with Crippen molar-refractivity contribution in [3.05, 3.63) is 0 Å². The zero-order chi connectivity index (χ0) is 9.10. The van der Waals surface area contributed by atoms with Crippen LogP contribution in [0.15, 0.2) is 5.16 Å². The molecular formula is C7H13N5S. The van der Waals surface area contributed by atoms with Crippen LogP contribution in [0.1, 0.15) is 12.8 Å². The summed E-state index contributed by atoms with van der Waals surface area (Å²) < 4.78 is 0. The molecule has 5 nitrogen and oxygen atoms in total. The molecule has 1 saturated heterocycles. The molecule has 1 aromatic rings. The van der Waals surface area contributed by atoms with Gasteiger partial charge in [-0.3, -0.25) is 0 Å². The number of H-pyrrole nitrogens is 1. The molecule has 0 amide bonds. The van der Waals surface area contributed by atoms with E-state index in [9.17, 15) is 0 Å². The molecule has 0 bridgehead atoms. The second kappa shape index (κ2) is 3.97. The highest BCUT2D eigenvalue weighted by atomic mass is 32.2. The maximum Gasteiger partial charge on any atom is 0.216 e. The summed E-state index contributed by atoms with van der Waals surface area (Å²) in [5, 5.41) is 10.7. The van der Waals surface area contributed by atoms with Crippen LogP contribution in [0.25, 0.3) is 0 Å². The molecule has 0 spiro atoms. The number of nitrogen functional groups attached to an aromatic ring is 1. The lowest BCUT2D eigenvalue weighted by molar-refractivity contribution is 0.673. The van der Waals surface area contributed by atoms with Crippen molar-refractivity contribution in [2.75, 3.05) is 18.0 Å². The van der Waals surface area contributed by atoms with Crippen LogP contribution in [0.3, 0.4) is 0 Å². The second-order valence-electron chi connectivity index (χ2n) is 3.11. The highest BCUT2D eigenvalue weighted by molar-refractivity contribution is 7.99. The Bertz CT molecular complexity index is 268. The summed E-state index contributed by atoms with van der Waals surface area (Å²) in [5.41, 5.74) is 5.40. The predicted molar refractivity (Wildman–Crippen MR) is 52.5 cm³/mol. The van der Waals surface area contributed by atoms with E-state index in [1.165, 1.54) is 12.8 Å². The van der Waals surface area contributed by atoms with Crippen molar-refractivity contribution in [2.24, 2.45) is 0 Å². The van der Waals surface area contributed by atoms with Crippen molar-refractivity contribution in [3.63, 3.8) is 0 Å². The number of nitrogens with two attached hydrogens (primary N) is 1. The summed E-state index contributed by atoms with van der Waals surface area (Å²) in [4.78, 5) is 4.02. The number of nitrogens with zero attached hydrogens (tertiary/aromatic N) is 2. The van der Waals surface area contributed by atoms with Gasteiger partial charge in [-0.1, -0.05) is 11.8 Å². The van der Waals surface area contributed by atoms with Crippen molar-refractivity contribution in [3.8, 4) is 0 Å². The Morgan fingerprint density at radius 3 is 3.15 bits per heavy atom. The van der Waals surface area contributed by atoms with Gasteiger partial charge < -0.3 is 11.1 Å². The minimum absolute atomic E-state index is 0.391. The zero-order valence-corrected chi connectivity index (χ0v) is 8.10. The van der Waals surface area contributed by atoms with E-state index in [1.54, 1.807) is 11.8 Å². The molecule has 0 unspecified atom stereocenters. The lowest BCUT2D eigenvalue weighted by atomic mass is 10.3. The third kappa shape index (κ3) is 2.35. The molecular weight excluding hydrogens is 186 g/mol. The fourth-order valence-corrected chi connectivity index (χ4v) is 2.30. The van der Waals surface area contributed by atoms with Gasteiger partial charge >= 0.3 is 0 Å². The molecule has 2 rings (SSSR count). The first-order valence-electron chi connectivity index (χ1n) is 4.38. The van der Waals surface area contributed by atoms with E-state index in [0.29, 0.717) is 12.0 Å². The Hall–Kier alpha value is -0.750. The second-order valence-corrected chi connectivity index (χ2v) is 4.09. The molecule has 2 heterocycles. The van der Waals surface area contributed by atoms with Gasteiger partial charge in [-0.15, -0.1) is 5.10 Å². The topological polar surface area (TPSA) is 79.6 Å². The van der Waals surface area contributed by atoms with Gasteiger partial charge in [-0.25, -0.2) is 5.10 Å². The Morgan fingerprint density at radius 1 is 1.62 bits per heavy atom. The van der Waals surface area contributed by atoms with Crippen LogP contribution in [0.5, 0.6) is 0 Å². The standard InChI is InChI=1S/C7H13N5S/c8-6-10-7(12-11-6)13-4-5-2-1-3-9-5/h5,9H,1-4H2,(H3,8,10,11,12)/t5-/m1/s1. The summed E-state index contributed by atoms with van der Waals surface area (Å²) in [6.07, 6.45) is 2.54. The minimum atomic E-state index is 0.391. The number of hydrogen-bond acceptors (Lipinski definition) is 5. The van der Waals surface area contributed by atoms with E-state index >= 15 is 0 Å². The van der Waals surface area contributed by atoms with E-state index in [2.05, 4.69) is 20.5 Å². The van der Waals surface area contributed by atoms with Crippen LogP contribution >= 0.6 is 11.8 Å². The number of anilines is 1. The highest BCUT2D eigenvalue weighted by Gasteiger charge is 2.14. The lowest BCUT2D eigenvalue weighted by Gasteiger charge is -2.06. The van der Waals surface area contributed by atoms with Crippen molar-refractivity contribution in [1.82, 2.24) is 20.5 Å². The minimum Gasteiger partial charge on any atom is -0.368 e.